The summed E-state index contributed by atoms with van der Waals surface area (Å²) in [6.07, 6.45) is 3.81. The molecule has 1 aliphatic heterocycles. The lowest BCUT2D eigenvalue weighted by molar-refractivity contribution is -0.135. The Labute approximate surface area is 195 Å². The number of likely N-dealkylation sites (tertiary alicyclic amines) is 1. The van der Waals surface area contributed by atoms with Crippen LogP contribution in [-0.2, 0) is 20.2 Å². The van der Waals surface area contributed by atoms with Crippen LogP contribution in [0.25, 0.3) is 0 Å². The van der Waals surface area contributed by atoms with E-state index in [9.17, 15) is 13.2 Å². The number of hydrogen-bond acceptors (Lipinski definition) is 3. The molecular formula is C26H42N2O3S. The van der Waals surface area contributed by atoms with Gasteiger partial charge in [-0.15, -0.1) is 0 Å². The first kappa shape index (κ1) is 25.2. The summed E-state index contributed by atoms with van der Waals surface area (Å²) in [5, 5.41) is 0. The Balaban J connectivity index is 1.85. The molecule has 0 aromatic heterocycles. The van der Waals surface area contributed by atoms with Crippen molar-refractivity contribution in [1.29, 1.82) is 0 Å². The zero-order valence-corrected chi connectivity index (χ0v) is 22.0. The Hall–Kier alpha value is -1.40. The van der Waals surface area contributed by atoms with Crippen LogP contribution in [0.4, 0.5) is 0 Å². The van der Waals surface area contributed by atoms with Crippen LogP contribution in [0.1, 0.15) is 86.6 Å². The molecule has 1 amide bonds. The summed E-state index contributed by atoms with van der Waals surface area (Å²) in [6, 6.07) is 6.46. The Morgan fingerprint density at radius 3 is 2.28 bits per heavy atom. The number of hydrogen-bond donors (Lipinski definition) is 1. The van der Waals surface area contributed by atoms with Crippen LogP contribution in [0.15, 0.2) is 29.2 Å². The molecule has 0 spiro atoms. The van der Waals surface area contributed by atoms with Gasteiger partial charge in [0.2, 0.25) is 15.9 Å². The zero-order valence-electron chi connectivity index (χ0n) is 21.2. The van der Waals surface area contributed by atoms with Gasteiger partial charge < -0.3 is 4.90 Å². The quantitative estimate of drug-likeness (QED) is 0.639. The van der Waals surface area contributed by atoms with E-state index in [1.807, 2.05) is 30.9 Å². The van der Waals surface area contributed by atoms with E-state index in [4.69, 9.17) is 0 Å². The fraction of sp³-hybridized carbons (Fsp3) is 0.731. The summed E-state index contributed by atoms with van der Waals surface area (Å²) in [7, 11) is -3.81. The molecule has 32 heavy (non-hydrogen) atoms. The molecule has 1 aromatic rings. The second-order valence-electron chi connectivity index (χ2n) is 12.4. The summed E-state index contributed by atoms with van der Waals surface area (Å²) < 4.78 is 29.3. The van der Waals surface area contributed by atoms with Gasteiger partial charge in [-0.2, -0.15) is 4.72 Å². The number of carbonyl (C=O) groups excluding carboxylic acids is 1. The van der Waals surface area contributed by atoms with Gasteiger partial charge in [0, 0.05) is 12.6 Å². The van der Waals surface area contributed by atoms with E-state index in [0.29, 0.717) is 0 Å². The third-order valence-corrected chi connectivity index (χ3v) is 8.95. The Morgan fingerprint density at radius 2 is 1.75 bits per heavy atom. The van der Waals surface area contributed by atoms with Crippen molar-refractivity contribution in [2.75, 3.05) is 6.54 Å². The summed E-state index contributed by atoms with van der Waals surface area (Å²) in [6.45, 7) is 17.8. The highest BCUT2D eigenvalue weighted by molar-refractivity contribution is 7.89. The van der Waals surface area contributed by atoms with E-state index in [2.05, 4.69) is 46.3 Å². The van der Waals surface area contributed by atoms with Crippen LogP contribution >= 0.6 is 0 Å². The first-order chi connectivity index (χ1) is 14.6. The molecule has 1 heterocycles. The van der Waals surface area contributed by atoms with E-state index in [-0.39, 0.29) is 39.0 Å². The molecule has 3 rings (SSSR count). The maximum absolute atomic E-state index is 13.7. The molecule has 0 radical (unpaired) electrons. The number of carbonyl (C=O) groups is 1. The average Bonchev–Trinajstić information content (AvgIpc) is 2.93. The van der Waals surface area contributed by atoms with Crippen LogP contribution < -0.4 is 4.72 Å². The van der Waals surface area contributed by atoms with Crippen LogP contribution in [0.5, 0.6) is 0 Å². The van der Waals surface area contributed by atoms with E-state index in [1.165, 1.54) is 0 Å². The van der Waals surface area contributed by atoms with Crippen LogP contribution in [0.3, 0.4) is 0 Å². The molecule has 1 N–H and O–H groups in total. The fourth-order valence-corrected chi connectivity index (χ4v) is 7.21. The van der Waals surface area contributed by atoms with E-state index in [1.54, 1.807) is 12.1 Å². The molecule has 2 fully saturated rings. The van der Waals surface area contributed by atoms with Crippen molar-refractivity contribution in [2.24, 2.45) is 16.7 Å². The number of rotatable bonds is 6. The third-order valence-electron chi connectivity index (χ3n) is 7.49. The lowest BCUT2D eigenvalue weighted by Crippen LogP contribution is -2.53. The molecular weight excluding hydrogens is 420 g/mol. The van der Waals surface area contributed by atoms with Crippen molar-refractivity contribution in [3.05, 3.63) is 29.8 Å². The zero-order chi connectivity index (χ0) is 24.1. The van der Waals surface area contributed by atoms with Crippen LogP contribution in [0.2, 0.25) is 0 Å². The molecule has 1 saturated heterocycles. The van der Waals surface area contributed by atoms with Gasteiger partial charge in [0.25, 0.3) is 0 Å². The fourth-order valence-electron chi connectivity index (χ4n) is 5.91. The molecule has 1 aliphatic carbocycles. The molecule has 2 aliphatic rings. The van der Waals surface area contributed by atoms with Gasteiger partial charge in [-0.3, -0.25) is 4.79 Å². The third kappa shape index (κ3) is 5.22. The Bertz CT molecular complexity index is 946. The molecule has 5 nitrogen and oxygen atoms in total. The van der Waals surface area contributed by atoms with Crippen LogP contribution in [-0.4, -0.2) is 37.9 Å². The maximum Gasteiger partial charge on any atom is 0.241 e. The number of fused-ring (bicyclic) bond motifs is 2. The average molecular weight is 463 g/mol. The largest absolute Gasteiger partial charge is 0.338 e. The SMILES string of the molecule is CCC(C)C(NS(=O)(=O)c1ccc(C(C)(C)C)cc1)C(=O)N1CC2(C)CC1CC(C)(C)C2. The highest BCUT2D eigenvalue weighted by atomic mass is 32.2. The van der Waals surface area contributed by atoms with Gasteiger partial charge in [0.15, 0.2) is 0 Å². The second kappa shape index (κ2) is 8.43. The minimum atomic E-state index is -3.81. The van der Waals surface area contributed by atoms with Crippen LogP contribution in [0, 0.1) is 16.7 Å². The molecule has 1 aromatic carbocycles. The second-order valence-corrected chi connectivity index (χ2v) is 14.2. The standard InChI is InChI=1S/C26H42N2O3S/c1-9-18(2)22(23(29)28-17-26(8)15-20(28)14-25(6,7)16-26)27-32(30,31)21-12-10-19(11-13-21)24(3,4)5/h10-13,18,20,22,27H,9,14-17H2,1-8H3. The predicted molar refractivity (Wildman–Crippen MR) is 130 cm³/mol. The van der Waals surface area contributed by atoms with Gasteiger partial charge in [-0.25, -0.2) is 8.42 Å². The van der Waals surface area contributed by atoms with Gasteiger partial charge in [0.05, 0.1) is 4.90 Å². The van der Waals surface area contributed by atoms with E-state index >= 15 is 0 Å². The summed E-state index contributed by atoms with van der Waals surface area (Å²) >= 11 is 0. The van der Waals surface area contributed by atoms with Crippen molar-refractivity contribution in [2.45, 2.75) is 103 Å². The van der Waals surface area contributed by atoms with E-state index < -0.39 is 16.1 Å². The summed E-state index contributed by atoms with van der Waals surface area (Å²) in [4.78, 5) is 15.9. The van der Waals surface area contributed by atoms with Crippen molar-refractivity contribution < 1.29 is 13.2 Å². The van der Waals surface area contributed by atoms with Gasteiger partial charge >= 0.3 is 0 Å². The lowest BCUT2D eigenvalue weighted by atomic mass is 9.65. The molecule has 180 valence electrons. The van der Waals surface area contributed by atoms with Gasteiger partial charge in [-0.05, 0) is 59.1 Å². The number of nitrogens with zero attached hydrogens (tertiary/aromatic N) is 1. The molecule has 4 unspecified atom stereocenters. The minimum absolute atomic E-state index is 0.0532. The van der Waals surface area contributed by atoms with Crippen molar-refractivity contribution in [3.8, 4) is 0 Å². The first-order valence-electron chi connectivity index (χ1n) is 12.0. The first-order valence-corrected chi connectivity index (χ1v) is 13.5. The number of nitrogens with one attached hydrogen (secondary N) is 1. The van der Waals surface area contributed by atoms with Crippen molar-refractivity contribution >= 4 is 15.9 Å². The Kier molecular flexibility index (Phi) is 6.64. The maximum atomic E-state index is 13.7. The highest BCUT2D eigenvalue weighted by Crippen LogP contribution is 2.52. The number of sulfonamides is 1. The lowest BCUT2D eigenvalue weighted by Gasteiger charge is -2.39. The van der Waals surface area contributed by atoms with E-state index in [0.717, 1.165) is 37.8 Å². The van der Waals surface area contributed by atoms with Crippen molar-refractivity contribution in [1.82, 2.24) is 9.62 Å². The summed E-state index contributed by atoms with van der Waals surface area (Å²) in [5.41, 5.74) is 1.34. The molecule has 6 heteroatoms. The molecule has 1 saturated carbocycles. The summed E-state index contributed by atoms with van der Waals surface area (Å²) in [5.74, 6) is -0.159. The van der Waals surface area contributed by atoms with Gasteiger partial charge in [-0.1, -0.05) is 73.9 Å². The minimum Gasteiger partial charge on any atom is -0.338 e. The number of benzene rings is 1. The monoisotopic (exact) mass is 462 g/mol. The Morgan fingerprint density at radius 1 is 1.16 bits per heavy atom. The van der Waals surface area contributed by atoms with Gasteiger partial charge in [0.1, 0.15) is 6.04 Å². The predicted octanol–water partition coefficient (Wildman–Crippen LogP) is 5.10. The smallest absolute Gasteiger partial charge is 0.241 e. The van der Waals surface area contributed by atoms with Crippen molar-refractivity contribution in [3.63, 3.8) is 0 Å². The molecule has 2 bridgehead atoms. The topological polar surface area (TPSA) is 66.5 Å². The normalized spacial score (nSPS) is 27.2. The molecule has 4 atom stereocenters. The number of amides is 1. The highest BCUT2D eigenvalue weighted by Gasteiger charge is 2.52.